The molecule has 146 valence electrons. The van der Waals surface area contributed by atoms with Crippen molar-refractivity contribution in [3.8, 4) is 22.6 Å². The highest BCUT2D eigenvalue weighted by Crippen LogP contribution is 2.35. The molecule has 0 saturated heterocycles. The second kappa shape index (κ2) is 6.82. The summed E-state index contributed by atoms with van der Waals surface area (Å²) in [7, 11) is 0. The van der Waals surface area contributed by atoms with Gasteiger partial charge in [-0.3, -0.25) is 4.40 Å². The number of nitrogens with zero attached hydrogens (tertiary/aromatic N) is 4. The number of halogens is 1. The van der Waals surface area contributed by atoms with Crippen LogP contribution >= 0.6 is 11.6 Å². The number of hydrogen-bond acceptors (Lipinski definition) is 4. The van der Waals surface area contributed by atoms with Gasteiger partial charge in [0, 0.05) is 24.0 Å². The second-order valence-corrected chi connectivity index (χ2v) is 8.01. The minimum Gasteiger partial charge on any atom is -0.351 e. The first-order valence-electron chi connectivity index (χ1n) is 10.0. The SMILES string of the molecule is Clc1cccn2c(-c3ccnc(NC4CC4)n3)c(-c3ccc4ccccc4c3)nc12. The van der Waals surface area contributed by atoms with Gasteiger partial charge in [-0.2, -0.15) is 0 Å². The molecule has 0 unspecified atom stereocenters. The number of imidazole rings is 1. The Kier molecular flexibility index (Phi) is 3.96. The maximum absolute atomic E-state index is 6.49. The first-order valence-corrected chi connectivity index (χ1v) is 10.4. The number of benzene rings is 2. The molecule has 0 aliphatic heterocycles. The van der Waals surface area contributed by atoms with E-state index in [9.17, 15) is 0 Å². The van der Waals surface area contributed by atoms with Crippen molar-refractivity contribution in [2.75, 3.05) is 5.32 Å². The first-order chi connectivity index (χ1) is 14.8. The number of nitrogens with one attached hydrogen (secondary N) is 1. The predicted octanol–water partition coefficient (Wildman–Crippen LogP) is 5.84. The van der Waals surface area contributed by atoms with Gasteiger partial charge in [-0.1, -0.05) is 48.0 Å². The lowest BCUT2D eigenvalue weighted by atomic mass is 10.0. The van der Waals surface area contributed by atoms with Crippen LogP contribution in [0.3, 0.4) is 0 Å². The van der Waals surface area contributed by atoms with Crippen molar-refractivity contribution in [3.05, 3.63) is 78.1 Å². The molecule has 3 aromatic heterocycles. The van der Waals surface area contributed by atoms with Crippen molar-refractivity contribution in [2.24, 2.45) is 0 Å². The Balaban J connectivity index is 1.59. The van der Waals surface area contributed by atoms with Crippen LogP contribution in [-0.4, -0.2) is 25.4 Å². The van der Waals surface area contributed by atoms with Crippen LogP contribution in [0.1, 0.15) is 12.8 Å². The second-order valence-electron chi connectivity index (χ2n) is 7.60. The van der Waals surface area contributed by atoms with E-state index < -0.39 is 0 Å². The lowest BCUT2D eigenvalue weighted by molar-refractivity contribution is 1.05. The Hall–Kier alpha value is -3.44. The van der Waals surface area contributed by atoms with Crippen LogP contribution in [-0.2, 0) is 0 Å². The fourth-order valence-corrected chi connectivity index (χ4v) is 3.99. The molecule has 0 bridgehead atoms. The van der Waals surface area contributed by atoms with Crippen LogP contribution in [0.15, 0.2) is 73.1 Å². The summed E-state index contributed by atoms with van der Waals surface area (Å²) >= 11 is 6.49. The monoisotopic (exact) mass is 411 g/mol. The van der Waals surface area contributed by atoms with Crippen molar-refractivity contribution >= 4 is 34.0 Å². The summed E-state index contributed by atoms with van der Waals surface area (Å²) in [5, 5.41) is 6.36. The van der Waals surface area contributed by atoms with Crippen molar-refractivity contribution in [1.82, 2.24) is 19.4 Å². The van der Waals surface area contributed by atoms with Gasteiger partial charge in [0.1, 0.15) is 0 Å². The zero-order valence-electron chi connectivity index (χ0n) is 16.1. The zero-order chi connectivity index (χ0) is 20.1. The molecule has 1 aliphatic rings. The largest absolute Gasteiger partial charge is 0.351 e. The predicted molar refractivity (Wildman–Crippen MR) is 121 cm³/mol. The van der Waals surface area contributed by atoms with Gasteiger partial charge in [0.15, 0.2) is 5.65 Å². The van der Waals surface area contributed by atoms with Crippen molar-refractivity contribution in [1.29, 1.82) is 0 Å². The highest BCUT2D eigenvalue weighted by molar-refractivity contribution is 6.33. The smallest absolute Gasteiger partial charge is 0.223 e. The molecule has 2 aromatic carbocycles. The Bertz CT molecular complexity index is 1400. The Labute approximate surface area is 178 Å². The van der Waals surface area contributed by atoms with Crippen LogP contribution in [0.25, 0.3) is 39.1 Å². The molecule has 1 saturated carbocycles. The molecule has 5 nitrogen and oxygen atoms in total. The number of rotatable bonds is 4. The van der Waals surface area contributed by atoms with E-state index in [0.717, 1.165) is 22.6 Å². The van der Waals surface area contributed by atoms with Crippen molar-refractivity contribution in [2.45, 2.75) is 18.9 Å². The summed E-state index contributed by atoms with van der Waals surface area (Å²) in [6.45, 7) is 0. The molecule has 6 heteroatoms. The number of hydrogen-bond donors (Lipinski definition) is 1. The van der Waals surface area contributed by atoms with Gasteiger partial charge in [-0.05, 0) is 47.9 Å². The molecule has 1 N–H and O–H groups in total. The number of fused-ring (bicyclic) bond motifs is 2. The van der Waals surface area contributed by atoms with Gasteiger partial charge in [0.05, 0.1) is 22.1 Å². The number of pyridine rings is 1. The molecule has 0 atom stereocenters. The van der Waals surface area contributed by atoms with Gasteiger partial charge in [0.25, 0.3) is 0 Å². The van der Waals surface area contributed by atoms with E-state index in [2.05, 4.69) is 40.6 Å². The first kappa shape index (κ1) is 17.4. The maximum atomic E-state index is 6.49. The average molecular weight is 412 g/mol. The lowest BCUT2D eigenvalue weighted by Gasteiger charge is -2.08. The van der Waals surface area contributed by atoms with Crippen LogP contribution in [0.5, 0.6) is 0 Å². The average Bonchev–Trinajstić information content (AvgIpc) is 3.50. The molecular formula is C24H18ClN5. The third-order valence-electron chi connectivity index (χ3n) is 5.43. The van der Waals surface area contributed by atoms with E-state index in [4.69, 9.17) is 21.6 Å². The Morgan fingerprint density at radius 3 is 2.67 bits per heavy atom. The van der Waals surface area contributed by atoms with E-state index in [-0.39, 0.29) is 0 Å². The summed E-state index contributed by atoms with van der Waals surface area (Å²) in [5.41, 5.74) is 4.31. The van der Waals surface area contributed by atoms with Crippen molar-refractivity contribution < 1.29 is 0 Å². The van der Waals surface area contributed by atoms with E-state index >= 15 is 0 Å². The summed E-state index contributed by atoms with van der Waals surface area (Å²) in [6.07, 6.45) is 6.10. The Morgan fingerprint density at radius 2 is 1.80 bits per heavy atom. The molecule has 3 heterocycles. The molecule has 30 heavy (non-hydrogen) atoms. The van der Waals surface area contributed by atoms with Crippen LogP contribution < -0.4 is 5.32 Å². The quantitative estimate of drug-likeness (QED) is 0.403. The summed E-state index contributed by atoms with van der Waals surface area (Å²) in [5.74, 6) is 0.649. The van der Waals surface area contributed by atoms with Crippen molar-refractivity contribution in [3.63, 3.8) is 0 Å². The molecular weight excluding hydrogens is 394 g/mol. The molecule has 0 amide bonds. The fourth-order valence-electron chi connectivity index (χ4n) is 3.79. The van der Waals surface area contributed by atoms with Crippen LogP contribution in [0.4, 0.5) is 5.95 Å². The zero-order valence-corrected chi connectivity index (χ0v) is 16.8. The summed E-state index contributed by atoms with van der Waals surface area (Å²) in [4.78, 5) is 14.1. The van der Waals surface area contributed by atoms with E-state index in [1.54, 1.807) is 6.20 Å². The van der Waals surface area contributed by atoms with Gasteiger partial charge in [-0.15, -0.1) is 0 Å². The minimum atomic E-state index is 0.483. The van der Waals surface area contributed by atoms with Crippen LogP contribution in [0.2, 0.25) is 5.02 Å². The Morgan fingerprint density at radius 1 is 0.933 bits per heavy atom. The van der Waals surface area contributed by atoms with Crippen LogP contribution in [0, 0.1) is 0 Å². The molecule has 0 radical (unpaired) electrons. The fraction of sp³-hybridized carbons (Fsp3) is 0.125. The maximum Gasteiger partial charge on any atom is 0.223 e. The van der Waals surface area contributed by atoms with E-state index in [1.165, 1.54) is 23.6 Å². The minimum absolute atomic E-state index is 0.483. The number of anilines is 1. The molecule has 1 fully saturated rings. The highest BCUT2D eigenvalue weighted by Gasteiger charge is 2.23. The molecule has 1 aliphatic carbocycles. The molecule has 0 spiro atoms. The standard InChI is InChI=1S/C24H18ClN5/c25-19-6-3-13-30-22(20-11-12-26-24(28-20)27-18-9-10-18)21(29-23(19)30)17-8-7-15-4-1-2-5-16(15)14-17/h1-8,11-14,18H,9-10H2,(H,26,27,28). The van der Waals surface area contributed by atoms with Gasteiger partial charge in [0.2, 0.25) is 5.95 Å². The highest BCUT2D eigenvalue weighted by atomic mass is 35.5. The lowest BCUT2D eigenvalue weighted by Crippen LogP contribution is -2.06. The van der Waals surface area contributed by atoms with Gasteiger partial charge >= 0.3 is 0 Å². The normalized spacial score (nSPS) is 13.8. The molecule has 6 rings (SSSR count). The third-order valence-corrected chi connectivity index (χ3v) is 5.73. The topological polar surface area (TPSA) is 55.1 Å². The van der Waals surface area contributed by atoms with Gasteiger partial charge in [-0.25, -0.2) is 15.0 Å². The third kappa shape index (κ3) is 2.99. The summed E-state index contributed by atoms with van der Waals surface area (Å²) < 4.78 is 2.01. The summed E-state index contributed by atoms with van der Waals surface area (Å²) in [6, 6.07) is 20.9. The van der Waals surface area contributed by atoms with E-state index in [1.807, 2.05) is 40.9 Å². The van der Waals surface area contributed by atoms with E-state index in [0.29, 0.717) is 22.7 Å². The van der Waals surface area contributed by atoms with Gasteiger partial charge < -0.3 is 5.32 Å². The molecule has 5 aromatic rings. The number of aromatic nitrogens is 4.